The fourth-order valence-corrected chi connectivity index (χ4v) is 3.07. The number of nitrogens with one attached hydrogen (secondary N) is 1. The molecular formula is C13H25N3O. The van der Waals surface area contributed by atoms with Crippen molar-refractivity contribution in [2.45, 2.75) is 50.6 Å². The molecule has 98 valence electrons. The molecule has 1 amide bonds. The van der Waals surface area contributed by atoms with E-state index in [2.05, 4.69) is 17.3 Å². The van der Waals surface area contributed by atoms with Crippen molar-refractivity contribution < 1.29 is 4.79 Å². The molecule has 3 atom stereocenters. The van der Waals surface area contributed by atoms with Crippen molar-refractivity contribution in [3.63, 3.8) is 0 Å². The molecule has 2 fully saturated rings. The summed E-state index contributed by atoms with van der Waals surface area (Å²) in [6, 6.07) is 0.601. The molecule has 4 heteroatoms. The Balaban J connectivity index is 1.75. The SMILES string of the molecule is CN1CCCCC1CNC(=O)C1CCCC1N. The molecule has 2 aliphatic rings. The van der Waals surface area contributed by atoms with E-state index in [1.807, 2.05) is 0 Å². The van der Waals surface area contributed by atoms with Crippen molar-refractivity contribution >= 4 is 5.91 Å². The number of piperidine rings is 1. The average Bonchev–Trinajstić information content (AvgIpc) is 2.74. The Labute approximate surface area is 104 Å². The van der Waals surface area contributed by atoms with Gasteiger partial charge in [-0.05, 0) is 39.3 Å². The lowest BCUT2D eigenvalue weighted by Crippen LogP contribution is -2.47. The number of amides is 1. The van der Waals surface area contributed by atoms with Crippen molar-refractivity contribution in [3.05, 3.63) is 0 Å². The summed E-state index contributed by atoms with van der Waals surface area (Å²) >= 11 is 0. The summed E-state index contributed by atoms with van der Waals surface area (Å²) in [5.74, 6) is 0.234. The quantitative estimate of drug-likeness (QED) is 0.763. The van der Waals surface area contributed by atoms with Crippen LogP contribution < -0.4 is 11.1 Å². The number of nitrogens with zero attached hydrogens (tertiary/aromatic N) is 1. The summed E-state index contributed by atoms with van der Waals surface area (Å²) in [6.07, 6.45) is 6.84. The second kappa shape index (κ2) is 5.83. The smallest absolute Gasteiger partial charge is 0.224 e. The number of rotatable bonds is 3. The predicted molar refractivity (Wildman–Crippen MR) is 68.6 cm³/mol. The molecule has 0 aromatic rings. The maximum absolute atomic E-state index is 12.0. The van der Waals surface area contributed by atoms with Gasteiger partial charge in [0.15, 0.2) is 0 Å². The molecule has 0 aromatic carbocycles. The zero-order valence-electron chi connectivity index (χ0n) is 10.8. The average molecular weight is 239 g/mol. The number of likely N-dealkylation sites (tertiary alicyclic amines) is 1. The topological polar surface area (TPSA) is 58.4 Å². The van der Waals surface area contributed by atoms with E-state index in [4.69, 9.17) is 5.73 Å². The first-order chi connectivity index (χ1) is 8.18. The molecule has 0 aromatic heterocycles. The number of hydrogen-bond donors (Lipinski definition) is 2. The molecule has 0 radical (unpaired) electrons. The molecule has 1 heterocycles. The van der Waals surface area contributed by atoms with Crippen LogP contribution >= 0.6 is 0 Å². The highest BCUT2D eigenvalue weighted by molar-refractivity contribution is 5.79. The van der Waals surface area contributed by atoms with Crippen LogP contribution in [0.2, 0.25) is 0 Å². The van der Waals surface area contributed by atoms with E-state index < -0.39 is 0 Å². The van der Waals surface area contributed by atoms with E-state index in [9.17, 15) is 4.79 Å². The summed E-state index contributed by atoms with van der Waals surface area (Å²) in [7, 11) is 2.15. The molecule has 0 spiro atoms. The Bertz CT molecular complexity index is 269. The number of hydrogen-bond acceptors (Lipinski definition) is 3. The molecule has 1 saturated carbocycles. The first-order valence-electron chi connectivity index (χ1n) is 6.92. The minimum Gasteiger partial charge on any atom is -0.354 e. The highest BCUT2D eigenvalue weighted by Crippen LogP contribution is 2.24. The third-order valence-corrected chi connectivity index (χ3v) is 4.34. The van der Waals surface area contributed by atoms with E-state index in [0.29, 0.717) is 6.04 Å². The Morgan fingerprint density at radius 3 is 2.76 bits per heavy atom. The van der Waals surface area contributed by atoms with Crippen molar-refractivity contribution in [3.8, 4) is 0 Å². The van der Waals surface area contributed by atoms with Crippen LogP contribution in [0.4, 0.5) is 0 Å². The summed E-state index contributed by atoms with van der Waals surface area (Å²) < 4.78 is 0. The van der Waals surface area contributed by atoms with E-state index in [0.717, 1.165) is 32.4 Å². The van der Waals surface area contributed by atoms with Crippen LogP contribution in [-0.2, 0) is 4.79 Å². The maximum Gasteiger partial charge on any atom is 0.224 e. The summed E-state index contributed by atoms with van der Waals surface area (Å²) in [6.45, 7) is 1.95. The standard InChI is InChI=1S/C13H25N3O/c1-16-8-3-2-5-10(16)9-15-13(17)11-6-4-7-12(11)14/h10-12H,2-9,14H2,1H3,(H,15,17). The monoisotopic (exact) mass is 239 g/mol. The summed E-state index contributed by atoms with van der Waals surface area (Å²) in [5, 5.41) is 3.09. The van der Waals surface area contributed by atoms with Crippen molar-refractivity contribution in [1.29, 1.82) is 0 Å². The Hall–Kier alpha value is -0.610. The van der Waals surface area contributed by atoms with Gasteiger partial charge >= 0.3 is 0 Å². The van der Waals surface area contributed by atoms with Gasteiger partial charge in [0, 0.05) is 18.6 Å². The molecule has 3 unspecified atom stereocenters. The lowest BCUT2D eigenvalue weighted by Gasteiger charge is -2.32. The van der Waals surface area contributed by atoms with Crippen LogP contribution in [-0.4, -0.2) is 43.0 Å². The summed E-state index contributed by atoms with van der Waals surface area (Å²) in [5.41, 5.74) is 5.94. The number of carbonyl (C=O) groups excluding carboxylic acids is 1. The Kier molecular flexibility index (Phi) is 4.40. The van der Waals surface area contributed by atoms with E-state index >= 15 is 0 Å². The second-order valence-corrected chi connectivity index (χ2v) is 5.58. The first kappa shape index (κ1) is 12.8. The molecule has 3 N–H and O–H groups in total. The summed E-state index contributed by atoms with van der Waals surface area (Å²) in [4.78, 5) is 14.4. The molecule has 1 aliphatic carbocycles. The van der Waals surface area contributed by atoms with Gasteiger partial charge in [-0.2, -0.15) is 0 Å². The number of carbonyl (C=O) groups is 1. The van der Waals surface area contributed by atoms with Gasteiger partial charge in [-0.1, -0.05) is 12.8 Å². The largest absolute Gasteiger partial charge is 0.354 e. The Morgan fingerprint density at radius 1 is 1.29 bits per heavy atom. The predicted octanol–water partition coefficient (Wildman–Crippen LogP) is 0.714. The normalized spacial score (nSPS) is 34.8. The van der Waals surface area contributed by atoms with E-state index in [-0.39, 0.29) is 17.9 Å². The van der Waals surface area contributed by atoms with Gasteiger partial charge in [-0.3, -0.25) is 4.79 Å². The van der Waals surface area contributed by atoms with E-state index in [1.54, 1.807) is 0 Å². The zero-order valence-corrected chi connectivity index (χ0v) is 10.8. The fraction of sp³-hybridized carbons (Fsp3) is 0.923. The third-order valence-electron chi connectivity index (χ3n) is 4.34. The van der Waals surface area contributed by atoms with Crippen molar-refractivity contribution in [2.75, 3.05) is 20.1 Å². The highest BCUT2D eigenvalue weighted by atomic mass is 16.1. The van der Waals surface area contributed by atoms with Gasteiger partial charge in [0.05, 0.1) is 5.92 Å². The van der Waals surface area contributed by atoms with Crippen molar-refractivity contribution in [2.24, 2.45) is 11.7 Å². The molecule has 2 rings (SSSR count). The van der Waals surface area contributed by atoms with Crippen LogP contribution in [0.25, 0.3) is 0 Å². The van der Waals surface area contributed by atoms with Crippen LogP contribution in [0.5, 0.6) is 0 Å². The van der Waals surface area contributed by atoms with Gasteiger partial charge in [-0.15, -0.1) is 0 Å². The van der Waals surface area contributed by atoms with Gasteiger partial charge in [0.2, 0.25) is 5.91 Å². The van der Waals surface area contributed by atoms with Gasteiger partial charge in [0.1, 0.15) is 0 Å². The van der Waals surface area contributed by atoms with Crippen LogP contribution in [0.3, 0.4) is 0 Å². The Morgan fingerprint density at radius 2 is 2.12 bits per heavy atom. The maximum atomic E-state index is 12.0. The van der Waals surface area contributed by atoms with Crippen LogP contribution in [0.1, 0.15) is 38.5 Å². The molecule has 1 saturated heterocycles. The molecule has 17 heavy (non-hydrogen) atoms. The molecule has 0 bridgehead atoms. The van der Waals surface area contributed by atoms with Crippen molar-refractivity contribution in [1.82, 2.24) is 10.2 Å². The van der Waals surface area contributed by atoms with Crippen LogP contribution in [0.15, 0.2) is 0 Å². The van der Waals surface area contributed by atoms with Crippen LogP contribution in [0, 0.1) is 5.92 Å². The number of likely N-dealkylation sites (N-methyl/N-ethyl adjacent to an activating group) is 1. The van der Waals surface area contributed by atoms with Gasteiger partial charge in [-0.25, -0.2) is 0 Å². The lowest BCUT2D eigenvalue weighted by atomic mass is 10.0. The highest BCUT2D eigenvalue weighted by Gasteiger charge is 2.30. The zero-order chi connectivity index (χ0) is 12.3. The first-order valence-corrected chi connectivity index (χ1v) is 6.92. The third kappa shape index (κ3) is 3.19. The van der Waals surface area contributed by atoms with E-state index in [1.165, 1.54) is 19.3 Å². The second-order valence-electron chi connectivity index (χ2n) is 5.58. The number of nitrogens with two attached hydrogens (primary N) is 1. The van der Waals surface area contributed by atoms with Gasteiger partial charge < -0.3 is 16.0 Å². The minimum absolute atomic E-state index is 0.0592. The lowest BCUT2D eigenvalue weighted by molar-refractivity contribution is -0.125. The molecule has 4 nitrogen and oxygen atoms in total. The van der Waals surface area contributed by atoms with Gasteiger partial charge in [0.25, 0.3) is 0 Å². The minimum atomic E-state index is 0.0592. The fourth-order valence-electron chi connectivity index (χ4n) is 3.07. The molecular weight excluding hydrogens is 214 g/mol. The molecule has 1 aliphatic heterocycles.